The van der Waals surface area contributed by atoms with Crippen molar-refractivity contribution >= 4 is 11.0 Å². The fraction of sp³-hybridized carbons (Fsp3) is 0.400. The Labute approximate surface area is 187 Å². The molecule has 3 heterocycles. The topological polar surface area (TPSA) is 64.4 Å². The minimum Gasteiger partial charge on any atom is -0.497 e. The second kappa shape index (κ2) is 8.94. The van der Waals surface area contributed by atoms with Gasteiger partial charge in [0.1, 0.15) is 23.8 Å². The molecular weight excluding hydrogens is 408 g/mol. The van der Waals surface area contributed by atoms with Gasteiger partial charge in [0.2, 0.25) is 0 Å². The van der Waals surface area contributed by atoms with Gasteiger partial charge in [-0.25, -0.2) is 4.79 Å². The van der Waals surface area contributed by atoms with Gasteiger partial charge in [0.05, 0.1) is 31.5 Å². The van der Waals surface area contributed by atoms with Crippen LogP contribution in [0.4, 0.5) is 0 Å². The normalized spacial score (nSPS) is 17.2. The van der Waals surface area contributed by atoms with Crippen LogP contribution < -0.4 is 15.1 Å². The molecule has 3 aromatic rings. The Bertz CT molecular complexity index is 1170. The van der Waals surface area contributed by atoms with Crippen LogP contribution in [0.3, 0.4) is 0 Å². The first-order valence-electron chi connectivity index (χ1n) is 11.0. The van der Waals surface area contributed by atoms with Gasteiger partial charge in [-0.15, -0.1) is 0 Å². The van der Waals surface area contributed by atoms with Gasteiger partial charge in [0, 0.05) is 38.1 Å². The minimum absolute atomic E-state index is 0.334. The number of benzene rings is 2. The van der Waals surface area contributed by atoms with Gasteiger partial charge in [-0.3, -0.25) is 9.80 Å². The smallest absolute Gasteiger partial charge is 0.344 e. The van der Waals surface area contributed by atoms with E-state index in [4.69, 9.17) is 18.6 Å². The highest BCUT2D eigenvalue weighted by Crippen LogP contribution is 2.35. The van der Waals surface area contributed by atoms with Crippen molar-refractivity contribution in [3.63, 3.8) is 0 Å². The molecule has 2 aromatic carbocycles. The zero-order valence-corrected chi connectivity index (χ0v) is 18.6. The van der Waals surface area contributed by atoms with Crippen LogP contribution in [0.2, 0.25) is 0 Å². The molecule has 0 bridgehead atoms. The summed E-state index contributed by atoms with van der Waals surface area (Å²) >= 11 is 0. The third-order valence-electron chi connectivity index (χ3n) is 6.39. The highest BCUT2D eigenvalue weighted by atomic mass is 16.5. The molecule has 7 heteroatoms. The molecule has 1 fully saturated rings. The summed E-state index contributed by atoms with van der Waals surface area (Å²) in [6.07, 6.45) is 0. The Hall–Kier alpha value is -2.87. The van der Waals surface area contributed by atoms with Crippen molar-refractivity contribution in [2.45, 2.75) is 13.5 Å². The van der Waals surface area contributed by atoms with E-state index in [2.05, 4.69) is 9.80 Å². The number of methoxy groups -OCH3 is 1. The molecule has 32 heavy (non-hydrogen) atoms. The molecule has 0 radical (unpaired) electrons. The van der Waals surface area contributed by atoms with E-state index in [-0.39, 0.29) is 5.63 Å². The molecule has 5 rings (SSSR count). The summed E-state index contributed by atoms with van der Waals surface area (Å²) < 4.78 is 22.6. The van der Waals surface area contributed by atoms with E-state index in [1.165, 1.54) is 0 Å². The monoisotopic (exact) mass is 436 g/mol. The van der Waals surface area contributed by atoms with Crippen LogP contribution in [0.5, 0.6) is 11.5 Å². The van der Waals surface area contributed by atoms with Crippen LogP contribution in [0.25, 0.3) is 22.1 Å². The first-order valence-corrected chi connectivity index (χ1v) is 11.0. The molecule has 2 aliphatic heterocycles. The SMILES string of the molecule is COc1ccc(-c2c(C)c3ccc4c(c3oc2=O)CN(CCN2CCOCC2)CO4)cc1. The Morgan fingerprint density at radius 2 is 1.75 bits per heavy atom. The summed E-state index contributed by atoms with van der Waals surface area (Å²) in [5.41, 5.74) is 3.55. The van der Waals surface area contributed by atoms with Crippen molar-refractivity contribution in [3.8, 4) is 22.6 Å². The third kappa shape index (κ3) is 3.99. The van der Waals surface area contributed by atoms with Crippen molar-refractivity contribution in [1.29, 1.82) is 0 Å². The lowest BCUT2D eigenvalue weighted by molar-refractivity contribution is 0.0241. The Morgan fingerprint density at radius 1 is 1.00 bits per heavy atom. The van der Waals surface area contributed by atoms with E-state index in [1.54, 1.807) is 7.11 Å². The molecule has 0 saturated carbocycles. The first kappa shape index (κ1) is 21.0. The number of hydrogen-bond acceptors (Lipinski definition) is 7. The number of fused-ring (bicyclic) bond motifs is 3. The molecule has 2 aliphatic rings. The second-order valence-corrected chi connectivity index (χ2v) is 8.32. The summed E-state index contributed by atoms with van der Waals surface area (Å²) in [5.74, 6) is 1.54. The standard InChI is InChI=1S/C25H28N2O5/c1-17-20-7-8-22-21(15-27(16-31-22)10-9-26-11-13-30-14-12-26)24(20)32-25(28)23(17)18-3-5-19(29-2)6-4-18/h3-8H,9-16H2,1-2H3. The lowest BCUT2D eigenvalue weighted by Gasteiger charge is -2.32. The van der Waals surface area contributed by atoms with Gasteiger partial charge < -0.3 is 18.6 Å². The first-order chi connectivity index (χ1) is 15.6. The largest absolute Gasteiger partial charge is 0.497 e. The fourth-order valence-corrected chi connectivity index (χ4v) is 4.51. The lowest BCUT2D eigenvalue weighted by atomic mass is 9.97. The van der Waals surface area contributed by atoms with Crippen molar-refractivity contribution in [1.82, 2.24) is 9.80 Å². The maximum atomic E-state index is 13.0. The predicted molar refractivity (Wildman–Crippen MR) is 122 cm³/mol. The van der Waals surface area contributed by atoms with Gasteiger partial charge in [-0.05, 0) is 42.3 Å². The van der Waals surface area contributed by atoms with Crippen LogP contribution in [-0.4, -0.2) is 63.0 Å². The van der Waals surface area contributed by atoms with Crippen molar-refractivity contribution in [2.75, 3.05) is 53.2 Å². The lowest BCUT2D eigenvalue weighted by Crippen LogP contribution is -2.43. The van der Waals surface area contributed by atoms with E-state index in [0.29, 0.717) is 24.4 Å². The maximum absolute atomic E-state index is 13.0. The number of morpholine rings is 1. The summed E-state index contributed by atoms with van der Waals surface area (Å²) in [4.78, 5) is 17.7. The van der Waals surface area contributed by atoms with Crippen molar-refractivity contribution < 1.29 is 18.6 Å². The Kier molecular flexibility index (Phi) is 5.87. The Balaban J connectivity index is 1.45. The third-order valence-corrected chi connectivity index (χ3v) is 6.39. The molecule has 1 saturated heterocycles. The molecule has 0 N–H and O–H groups in total. The zero-order valence-electron chi connectivity index (χ0n) is 18.6. The quantitative estimate of drug-likeness (QED) is 0.569. The van der Waals surface area contributed by atoms with E-state index < -0.39 is 0 Å². The minimum atomic E-state index is -0.334. The van der Waals surface area contributed by atoms with Crippen LogP contribution in [0.1, 0.15) is 11.1 Å². The second-order valence-electron chi connectivity index (χ2n) is 8.32. The van der Waals surface area contributed by atoms with Crippen molar-refractivity contribution in [2.24, 2.45) is 0 Å². The van der Waals surface area contributed by atoms with Gasteiger partial charge in [-0.1, -0.05) is 12.1 Å². The molecule has 168 valence electrons. The van der Waals surface area contributed by atoms with Gasteiger partial charge in [-0.2, -0.15) is 0 Å². The van der Waals surface area contributed by atoms with Crippen molar-refractivity contribution in [3.05, 3.63) is 57.9 Å². The predicted octanol–water partition coefficient (Wildman–Crippen LogP) is 3.26. The van der Waals surface area contributed by atoms with Gasteiger partial charge in [0.15, 0.2) is 0 Å². The average molecular weight is 437 g/mol. The summed E-state index contributed by atoms with van der Waals surface area (Å²) in [6, 6.07) is 11.5. The van der Waals surface area contributed by atoms with Crippen LogP contribution in [-0.2, 0) is 11.3 Å². The average Bonchev–Trinajstić information content (AvgIpc) is 2.83. The Morgan fingerprint density at radius 3 is 2.50 bits per heavy atom. The van der Waals surface area contributed by atoms with Crippen LogP contribution in [0, 0.1) is 6.92 Å². The van der Waals surface area contributed by atoms with E-state index in [0.717, 1.165) is 73.0 Å². The highest BCUT2D eigenvalue weighted by Gasteiger charge is 2.24. The maximum Gasteiger partial charge on any atom is 0.344 e. The zero-order chi connectivity index (χ0) is 22.1. The number of aryl methyl sites for hydroxylation is 1. The van der Waals surface area contributed by atoms with Gasteiger partial charge >= 0.3 is 5.63 Å². The summed E-state index contributed by atoms with van der Waals surface area (Å²) in [7, 11) is 1.63. The van der Waals surface area contributed by atoms with Gasteiger partial charge in [0.25, 0.3) is 0 Å². The molecule has 0 spiro atoms. The summed E-state index contributed by atoms with van der Waals surface area (Å²) in [5, 5.41) is 0.938. The van der Waals surface area contributed by atoms with Crippen LogP contribution >= 0.6 is 0 Å². The van der Waals surface area contributed by atoms with Crippen LogP contribution in [0.15, 0.2) is 45.6 Å². The summed E-state index contributed by atoms with van der Waals surface area (Å²) in [6.45, 7) is 8.60. The molecule has 0 atom stereocenters. The number of ether oxygens (including phenoxy) is 3. The molecule has 0 unspecified atom stereocenters. The molecular formula is C25H28N2O5. The molecule has 1 aromatic heterocycles. The number of nitrogens with zero attached hydrogens (tertiary/aromatic N) is 2. The van der Waals surface area contributed by atoms with E-state index in [9.17, 15) is 4.79 Å². The van der Waals surface area contributed by atoms with E-state index in [1.807, 2.05) is 43.3 Å². The molecule has 7 nitrogen and oxygen atoms in total. The molecule has 0 amide bonds. The fourth-order valence-electron chi connectivity index (χ4n) is 4.51. The number of hydrogen-bond donors (Lipinski definition) is 0. The number of rotatable bonds is 5. The molecule has 0 aliphatic carbocycles. The highest BCUT2D eigenvalue weighted by molar-refractivity contribution is 5.90. The van der Waals surface area contributed by atoms with E-state index >= 15 is 0 Å².